The number of Topliss-reactive ketones (excluding diaryl/α,β-unsaturated/α-hetero) is 1. The second kappa shape index (κ2) is 13.3. The Kier molecular flexibility index (Phi) is 10.1. The van der Waals surface area contributed by atoms with Gasteiger partial charge in [-0.05, 0) is 89.5 Å². The van der Waals surface area contributed by atoms with Gasteiger partial charge in [0.1, 0.15) is 11.6 Å². The molecule has 2 aliphatic heterocycles. The van der Waals surface area contributed by atoms with Gasteiger partial charge in [0.25, 0.3) is 0 Å². The number of rotatable bonds is 5. The van der Waals surface area contributed by atoms with Gasteiger partial charge in [0.2, 0.25) is 11.8 Å². The summed E-state index contributed by atoms with van der Waals surface area (Å²) >= 11 is 5.88. The normalized spacial score (nSPS) is 27.5. The first-order valence-corrected chi connectivity index (χ1v) is 16.7. The van der Waals surface area contributed by atoms with Gasteiger partial charge in [-0.1, -0.05) is 36.6 Å². The van der Waals surface area contributed by atoms with Crippen LogP contribution in [0.4, 0.5) is 10.5 Å². The summed E-state index contributed by atoms with van der Waals surface area (Å²) in [5.41, 5.74) is -1.75. The van der Waals surface area contributed by atoms with Gasteiger partial charge < -0.3 is 15.0 Å². The Morgan fingerprint density at radius 1 is 1.05 bits per heavy atom. The van der Waals surface area contributed by atoms with Crippen LogP contribution < -0.4 is 14.8 Å². The third kappa shape index (κ3) is 8.72. The Bertz CT molecular complexity index is 1360. The van der Waals surface area contributed by atoms with Crippen LogP contribution in [0.2, 0.25) is 5.02 Å². The Hall–Kier alpha value is -3.12. The van der Waals surface area contributed by atoms with Gasteiger partial charge in [0.05, 0.1) is 17.1 Å². The van der Waals surface area contributed by atoms with Gasteiger partial charge in [0, 0.05) is 18.0 Å². The fraction of sp³-hybridized carbons (Fsp3) is 0.600. The number of carbonyl (C=O) groups is 4. The Morgan fingerprint density at radius 3 is 2.47 bits per heavy atom. The molecule has 0 bridgehead atoms. The number of carbonyl (C=O) groups excluding carboxylic acids is 4. The van der Waals surface area contributed by atoms with Crippen molar-refractivity contribution in [3.63, 3.8) is 0 Å². The molecule has 11 nitrogen and oxygen atoms in total. The van der Waals surface area contributed by atoms with Gasteiger partial charge in [-0.3, -0.25) is 19.1 Å². The Balaban J connectivity index is 1.53. The van der Waals surface area contributed by atoms with Crippen LogP contribution in [0.15, 0.2) is 36.4 Å². The number of ether oxygens (including phenoxy) is 1. The summed E-state index contributed by atoms with van der Waals surface area (Å²) in [5.74, 6) is -1.72. The minimum absolute atomic E-state index is 0.205. The average Bonchev–Trinajstić information content (AvgIpc) is 3.36. The molecule has 0 unspecified atom stereocenters. The van der Waals surface area contributed by atoms with E-state index in [2.05, 4.69) is 14.8 Å². The monoisotopic (exact) mass is 636 g/mol. The summed E-state index contributed by atoms with van der Waals surface area (Å²) < 4.78 is 35.5. The van der Waals surface area contributed by atoms with Crippen molar-refractivity contribution in [1.29, 1.82) is 0 Å². The molecule has 0 radical (unpaired) electrons. The van der Waals surface area contributed by atoms with E-state index in [4.69, 9.17) is 16.3 Å². The highest BCUT2D eigenvalue weighted by atomic mass is 35.5. The molecule has 1 saturated heterocycles. The minimum atomic E-state index is -4.29. The summed E-state index contributed by atoms with van der Waals surface area (Å²) in [4.78, 5) is 55.1. The maximum absolute atomic E-state index is 13.7. The number of fused-ring (bicyclic) bond motifs is 2. The van der Waals surface area contributed by atoms with E-state index in [1.54, 1.807) is 20.8 Å². The zero-order chi connectivity index (χ0) is 31.4. The van der Waals surface area contributed by atoms with Crippen molar-refractivity contribution in [1.82, 2.24) is 14.9 Å². The second-order valence-corrected chi connectivity index (χ2v) is 14.5. The molecule has 2 fully saturated rings. The van der Waals surface area contributed by atoms with E-state index in [9.17, 15) is 27.6 Å². The first-order chi connectivity index (χ1) is 20.2. The fourth-order valence-corrected chi connectivity index (χ4v) is 6.87. The standard InChI is InChI=1S/C30H41ClN4O7S/c1-29(2,3)42-28(39)32-23-11-8-6-4-5-7-10-20-18-30(20,19-25(36)24-12-9-17-35(24)26(23)37)27(38)34-43(40,41)33-22-15-13-21(31)14-16-22/h7,10,13-16,20,23-24,33H,4-6,8-9,11-12,17-19H2,1-3H3,(H,32,39)(H,34,38)/b10-7-/t20-,23+,24+,30-/m1/s1. The molecule has 43 heavy (non-hydrogen) atoms. The van der Waals surface area contributed by atoms with Gasteiger partial charge in [0.15, 0.2) is 5.78 Å². The van der Waals surface area contributed by atoms with Crippen LogP contribution in [0.5, 0.6) is 0 Å². The molecular weight excluding hydrogens is 596 g/mol. The molecule has 1 aromatic rings. The summed E-state index contributed by atoms with van der Waals surface area (Å²) in [5, 5.41) is 3.14. The first-order valence-electron chi connectivity index (χ1n) is 14.8. The van der Waals surface area contributed by atoms with Crippen molar-refractivity contribution in [2.45, 2.75) is 96.2 Å². The van der Waals surface area contributed by atoms with Gasteiger partial charge >= 0.3 is 16.3 Å². The molecule has 0 spiro atoms. The van der Waals surface area contributed by atoms with E-state index in [0.717, 1.165) is 19.3 Å². The molecule has 13 heteroatoms. The average molecular weight is 637 g/mol. The van der Waals surface area contributed by atoms with Crippen LogP contribution in [-0.4, -0.2) is 61.2 Å². The number of halogens is 1. The van der Waals surface area contributed by atoms with E-state index < -0.39 is 45.3 Å². The number of nitrogens with one attached hydrogen (secondary N) is 3. The summed E-state index contributed by atoms with van der Waals surface area (Å²) in [6.07, 6.45) is 7.80. The highest BCUT2D eigenvalue weighted by Gasteiger charge is 2.61. The van der Waals surface area contributed by atoms with Gasteiger partial charge in [-0.2, -0.15) is 8.42 Å². The molecule has 1 saturated carbocycles. The maximum atomic E-state index is 13.7. The maximum Gasteiger partial charge on any atom is 0.408 e. The van der Waals surface area contributed by atoms with Crippen LogP contribution in [0.25, 0.3) is 0 Å². The number of hydrogen-bond donors (Lipinski definition) is 3. The molecular formula is C30H41ClN4O7S. The molecule has 1 aromatic carbocycles. The van der Waals surface area contributed by atoms with Crippen molar-refractivity contribution in [2.24, 2.45) is 11.3 Å². The number of amides is 3. The zero-order valence-corrected chi connectivity index (χ0v) is 26.4. The second-order valence-electron chi connectivity index (χ2n) is 12.6. The summed E-state index contributed by atoms with van der Waals surface area (Å²) in [6, 6.07) is 4.36. The largest absolute Gasteiger partial charge is 0.444 e. The molecule has 236 valence electrons. The Morgan fingerprint density at radius 2 is 1.77 bits per heavy atom. The fourth-order valence-electron chi connectivity index (χ4n) is 5.80. The lowest BCUT2D eigenvalue weighted by Gasteiger charge is -2.30. The van der Waals surface area contributed by atoms with E-state index in [1.165, 1.54) is 29.2 Å². The molecule has 4 rings (SSSR count). The number of hydrogen-bond acceptors (Lipinski definition) is 7. The van der Waals surface area contributed by atoms with Crippen molar-refractivity contribution in [3.8, 4) is 0 Å². The lowest BCUT2D eigenvalue weighted by Crippen LogP contribution is -2.53. The van der Waals surface area contributed by atoms with Crippen molar-refractivity contribution < 1.29 is 32.3 Å². The summed E-state index contributed by atoms with van der Waals surface area (Å²) in [6.45, 7) is 5.57. The van der Waals surface area contributed by atoms with Crippen molar-refractivity contribution >= 4 is 51.2 Å². The quantitative estimate of drug-likeness (QED) is 0.403. The van der Waals surface area contributed by atoms with Crippen LogP contribution >= 0.6 is 11.6 Å². The van der Waals surface area contributed by atoms with E-state index in [1.807, 2.05) is 12.2 Å². The lowest BCUT2D eigenvalue weighted by molar-refractivity contribution is -0.140. The van der Waals surface area contributed by atoms with Crippen LogP contribution in [0.1, 0.15) is 78.6 Å². The van der Waals surface area contributed by atoms with Crippen LogP contribution in [-0.2, 0) is 29.3 Å². The summed E-state index contributed by atoms with van der Waals surface area (Å²) in [7, 11) is -4.29. The molecule has 4 atom stereocenters. The van der Waals surface area contributed by atoms with Crippen LogP contribution in [0.3, 0.4) is 0 Å². The zero-order valence-electron chi connectivity index (χ0n) is 24.9. The number of alkyl carbamates (subject to hydrolysis) is 1. The molecule has 0 aromatic heterocycles. The van der Waals surface area contributed by atoms with Crippen LogP contribution in [0, 0.1) is 11.3 Å². The Labute approximate surface area is 258 Å². The van der Waals surface area contributed by atoms with Crippen molar-refractivity contribution in [3.05, 3.63) is 41.4 Å². The molecule has 3 N–H and O–H groups in total. The highest BCUT2D eigenvalue weighted by Crippen LogP contribution is 2.57. The lowest BCUT2D eigenvalue weighted by atomic mass is 9.91. The topological polar surface area (TPSA) is 151 Å². The van der Waals surface area contributed by atoms with E-state index in [0.29, 0.717) is 43.7 Å². The van der Waals surface area contributed by atoms with E-state index in [-0.39, 0.29) is 29.7 Å². The molecule has 1 aliphatic carbocycles. The smallest absolute Gasteiger partial charge is 0.408 e. The predicted octanol–water partition coefficient (Wildman–Crippen LogP) is 4.48. The number of allylic oxidation sites excluding steroid dienone is 2. The SMILES string of the molecule is CC(C)(C)OC(=O)N[C@H]1CCCCC/C=C\[C@@H]2C[C@@]2(C(=O)NS(=O)(=O)Nc2ccc(Cl)cc2)CC(=O)[C@@H]2CCCN2C1=O. The predicted molar refractivity (Wildman–Crippen MR) is 162 cm³/mol. The first kappa shape index (κ1) is 32.8. The molecule has 2 heterocycles. The molecule has 3 aliphatic rings. The third-order valence-electron chi connectivity index (χ3n) is 8.03. The number of benzene rings is 1. The third-order valence-corrected chi connectivity index (χ3v) is 9.24. The van der Waals surface area contributed by atoms with Gasteiger partial charge in [-0.15, -0.1) is 0 Å². The van der Waals surface area contributed by atoms with Crippen molar-refractivity contribution in [2.75, 3.05) is 11.3 Å². The highest BCUT2D eigenvalue weighted by molar-refractivity contribution is 7.91. The molecule has 3 amide bonds. The van der Waals surface area contributed by atoms with E-state index >= 15 is 0 Å². The number of anilines is 1. The number of ketones is 1. The van der Waals surface area contributed by atoms with Gasteiger partial charge in [-0.25, -0.2) is 9.52 Å². The minimum Gasteiger partial charge on any atom is -0.444 e. The number of nitrogens with zero attached hydrogens (tertiary/aromatic N) is 1.